The molecule has 0 spiro atoms. The van der Waals surface area contributed by atoms with Gasteiger partial charge in [-0.25, -0.2) is 9.97 Å². The highest BCUT2D eigenvalue weighted by molar-refractivity contribution is 5.96. The van der Waals surface area contributed by atoms with Crippen LogP contribution in [0.15, 0.2) is 42.9 Å². The number of hydrogen-bond acceptors (Lipinski definition) is 3. The number of pyridine rings is 1. The monoisotopic (exact) mass is 334 g/mol. The number of amides is 1. The molecule has 0 atom stereocenters. The van der Waals surface area contributed by atoms with Gasteiger partial charge in [-0.15, -0.1) is 0 Å². The third-order valence-electron chi connectivity index (χ3n) is 5.06. The van der Waals surface area contributed by atoms with Crippen LogP contribution in [0.25, 0.3) is 16.9 Å². The number of fused-ring (bicyclic) bond motifs is 1. The first kappa shape index (κ1) is 15.8. The summed E-state index contributed by atoms with van der Waals surface area (Å²) in [6.07, 6.45) is 9.38. The molecule has 1 aliphatic rings. The van der Waals surface area contributed by atoms with Gasteiger partial charge in [0.25, 0.3) is 5.91 Å². The van der Waals surface area contributed by atoms with Crippen molar-refractivity contribution in [1.82, 2.24) is 19.9 Å². The smallest absolute Gasteiger partial charge is 0.251 e. The van der Waals surface area contributed by atoms with Crippen molar-refractivity contribution < 1.29 is 4.79 Å². The van der Waals surface area contributed by atoms with Gasteiger partial charge in [-0.05, 0) is 49.6 Å². The van der Waals surface area contributed by atoms with E-state index < -0.39 is 0 Å². The normalized spacial score (nSPS) is 15.4. The Kier molecular flexibility index (Phi) is 4.22. The van der Waals surface area contributed by atoms with Gasteiger partial charge in [-0.1, -0.05) is 25.3 Å². The van der Waals surface area contributed by atoms with Crippen LogP contribution in [0.3, 0.4) is 0 Å². The van der Waals surface area contributed by atoms with Crippen LogP contribution in [0.5, 0.6) is 0 Å². The zero-order valence-corrected chi connectivity index (χ0v) is 14.4. The molecular weight excluding hydrogens is 312 g/mol. The van der Waals surface area contributed by atoms with E-state index in [1.54, 1.807) is 12.5 Å². The molecular formula is C20H22N4O. The second-order valence-corrected chi connectivity index (χ2v) is 6.72. The second kappa shape index (κ2) is 6.67. The molecule has 4 rings (SSSR count). The Bertz CT molecular complexity index is 909. The molecule has 5 nitrogen and oxygen atoms in total. The van der Waals surface area contributed by atoms with E-state index in [9.17, 15) is 4.79 Å². The molecule has 3 aromatic rings. The topological polar surface area (TPSA) is 59.8 Å². The number of hydrogen-bond donors (Lipinski definition) is 1. The number of imidazole rings is 1. The van der Waals surface area contributed by atoms with Gasteiger partial charge in [0, 0.05) is 17.8 Å². The van der Waals surface area contributed by atoms with E-state index in [1.807, 2.05) is 41.8 Å². The lowest BCUT2D eigenvalue weighted by Gasteiger charge is -2.23. The minimum absolute atomic E-state index is 0.0173. The Morgan fingerprint density at radius 1 is 1.12 bits per heavy atom. The van der Waals surface area contributed by atoms with Crippen molar-refractivity contribution in [2.45, 2.75) is 45.1 Å². The van der Waals surface area contributed by atoms with Crippen molar-refractivity contribution in [2.24, 2.45) is 0 Å². The summed E-state index contributed by atoms with van der Waals surface area (Å²) in [5, 5.41) is 3.21. The summed E-state index contributed by atoms with van der Waals surface area (Å²) in [5.74, 6) is 0.0173. The van der Waals surface area contributed by atoms with E-state index in [0.717, 1.165) is 40.8 Å². The molecule has 1 aromatic carbocycles. The van der Waals surface area contributed by atoms with Gasteiger partial charge in [0.2, 0.25) is 0 Å². The molecule has 2 heterocycles. The summed E-state index contributed by atoms with van der Waals surface area (Å²) in [6.45, 7) is 1.99. The van der Waals surface area contributed by atoms with E-state index in [1.165, 1.54) is 19.3 Å². The number of benzene rings is 1. The highest BCUT2D eigenvalue weighted by atomic mass is 16.1. The maximum absolute atomic E-state index is 12.8. The fourth-order valence-corrected chi connectivity index (χ4v) is 3.67. The quantitative estimate of drug-likeness (QED) is 0.793. The van der Waals surface area contributed by atoms with Crippen molar-refractivity contribution >= 4 is 17.1 Å². The summed E-state index contributed by atoms with van der Waals surface area (Å²) in [4.78, 5) is 21.6. The maximum Gasteiger partial charge on any atom is 0.251 e. The zero-order valence-electron chi connectivity index (χ0n) is 14.4. The highest BCUT2D eigenvalue weighted by Crippen LogP contribution is 2.23. The molecule has 1 fully saturated rings. The number of aromatic nitrogens is 3. The summed E-state index contributed by atoms with van der Waals surface area (Å²) in [5.41, 5.74) is 4.26. The van der Waals surface area contributed by atoms with Gasteiger partial charge in [-0.3, -0.25) is 9.36 Å². The van der Waals surface area contributed by atoms with E-state index in [0.29, 0.717) is 6.04 Å². The van der Waals surface area contributed by atoms with Crippen molar-refractivity contribution in [1.29, 1.82) is 0 Å². The van der Waals surface area contributed by atoms with Crippen molar-refractivity contribution in [2.75, 3.05) is 0 Å². The summed E-state index contributed by atoms with van der Waals surface area (Å²) in [7, 11) is 0. The molecule has 2 aromatic heterocycles. The molecule has 0 aliphatic heterocycles. The molecule has 25 heavy (non-hydrogen) atoms. The molecule has 0 saturated heterocycles. The second-order valence-electron chi connectivity index (χ2n) is 6.72. The molecule has 0 radical (unpaired) electrons. The molecule has 1 N–H and O–H groups in total. The predicted molar refractivity (Wildman–Crippen MR) is 97.9 cm³/mol. The molecule has 0 bridgehead atoms. The minimum atomic E-state index is 0.0173. The lowest BCUT2D eigenvalue weighted by Crippen LogP contribution is -2.36. The lowest BCUT2D eigenvalue weighted by atomic mass is 9.95. The summed E-state index contributed by atoms with van der Waals surface area (Å²) < 4.78 is 1.95. The Hall–Kier alpha value is -2.69. The van der Waals surface area contributed by atoms with Crippen LogP contribution in [0.1, 0.15) is 48.0 Å². The molecule has 128 valence electrons. The predicted octanol–water partition coefficient (Wildman–Crippen LogP) is 3.79. The molecule has 1 saturated carbocycles. The highest BCUT2D eigenvalue weighted by Gasteiger charge is 2.19. The molecule has 0 unspecified atom stereocenters. The summed E-state index contributed by atoms with van der Waals surface area (Å²) in [6, 6.07) is 9.94. The Balaban J connectivity index is 1.67. The van der Waals surface area contributed by atoms with E-state index >= 15 is 0 Å². The largest absolute Gasteiger partial charge is 0.349 e. The van der Waals surface area contributed by atoms with Crippen LogP contribution in [0.2, 0.25) is 0 Å². The van der Waals surface area contributed by atoms with Gasteiger partial charge >= 0.3 is 0 Å². The number of nitrogens with zero attached hydrogens (tertiary/aromatic N) is 3. The summed E-state index contributed by atoms with van der Waals surface area (Å²) >= 11 is 0. The van der Waals surface area contributed by atoms with Crippen LogP contribution in [-0.2, 0) is 0 Å². The van der Waals surface area contributed by atoms with E-state index in [4.69, 9.17) is 0 Å². The van der Waals surface area contributed by atoms with E-state index in [2.05, 4.69) is 15.3 Å². The fourth-order valence-electron chi connectivity index (χ4n) is 3.67. The third kappa shape index (κ3) is 3.02. The van der Waals surface area contributed by atoms with E-state index in [-0.39, 0.29) is 5.91 Å². The minimum Gasteiger partial charge on any atom is -0.349 e. The first-order valence-electron chi connectivity index (χ1n) is 8.93. The average Bonchev–Trinajstić information content (AvgIpc) is 3.07. The van der Waals surface area contributed by atoms with Crippen LogP contribution < -0.4 is 5.32 Å². The third-order valence-corrected chi connectivity index (χ3v) is 5.06. The first-order chi connectivity index (χ1) is 12.2. The molecule has 1 amide bonds. The molecule has 5 heteroatoms. The molecule has 1 aliphatic carbocycles. The number of carbonyl (C=O) groups excluding carboxylic acids is 1. The van der Waals surface area contributed by atoms with Crippen molar-refractivity contribution in [3.8, 4) is 5.69 Å². The van der Waals surface area contributed by atoms with Gasteiger partial charge in [0.05, 0.1) is 5.69 Å². The lowest BCUT2D eigenvalue weighted by molar-refractivity contribution is 0.0927. The van der Waals surface area contributed by atoms with Gasteiger partial charge in [-0.2, -0.15) is 0 Å². The Morgan fingerprint density at radius 3 is 2.80 bits per heavy atom. The Morgan fingerprint density at radius 2 is 1.96 bits per heavy atom. The van der Waals surface area contributed by atoms with Crippen molar-refractivity contribution in [3.05, 3.63) is 54.0 Å². The standard InChI is InChI=1S/C20H22N4O/c1-14-16(20(25)23-15-7-3-2-4-8-15)9-5-11-18(14)24-13-22-17-10-6-12-21-19(17)24/h5-6,9-13,15H,2-4,7-8H2,1H3,(H,23,25). The Labute approximate surface area is 147 Å². The maximum atomic E-state index is 12.8. The fraction of sp³-hybridized carbons (Fsp3) is 0.350. The van der Waals surface area contributed by atoms with Crippen LogP contribution in [0, 0.1) is 6.92 Å². The van der Waals surface area contributed by atoms with Crippen LogP contribution >= 0.6 is 0 Å². The number of nitrogens with one attached hydrogen (secondary N) is 1. The first-order valence-corrected chi connectivity index (χ1v) is 8.93. The van der Waals surface area contributed by atoms with Gasteiger partial charge in [0.15, 0.2) is 5.65 Å². The van der Waals surface area contributed by atoms with Crippen molar-refractivity contribution in [3.63, 3.8) is 0 Å². The van der Waals surface area contributed by atoms with Gasteiger partial charge in [0.1, 0.15) is 11.8 Å². The number of carbonyl (C=O) groups is 1. The zero-order chi connectivity index (χ0) is 17.2. The SMILES string of the molecule is Cc1c(C(=O)NC2CCCCC2)cccc1-n1cnc2cccnc21. The van der Waals surface area contributed by atoms with Gasteiger partial charge < -0.3 is 5.32 Å². The van der Waals surface area contributed by atoms with Crippen LogP contribution in [-0.4, -0.2) is 26.5 Å². The van der Waals surface area contributed by atoms with Crippen LogP contribution in [0.4, 0.5) is 0 Å². The number of rotatable bonds is 3. The average molecular weight is 334 g/mol.